The lowest BCUT2D eigenvalue weighted by Crippen LogP contribution is -2.16. The molecule has 4 heteroatoms. The maximum absolute atomic E-state index is 6.23. The number of ether oxygens (including phenoxy) is 2. The fraction of sp³-hybridized carbons (Fsp3) is 0.586. The van der Waals surface area contributed by atoms with Crippen LogP contribution in [0.4, 0.5) is 0 Å². The molecule has 0 aromatic heterocycles. The van der Waals surface area contributed by atoms with Crippen molar-refractivity contribution in [2.75, 3.05) is 13.2 Å². The molecule has 334 valence electrons. The Balaban J connectivity index is 1.51. The predicted molar refractivity (Wildman–Crippen MR) is 276 cm³/mol. The molecule has 0 unspecified atom stereocenters. The van der Waals surface area contributed by atoms with Crippen molar-refractivity contribution in [2.24, 2.45) is 0 Å². The Morgan fingerprint density at radius 2 is 0.645 bits per heavy atom. The van der Waals surface area contributed by atoms with E-state index in [1.54, 1.807) is 0 Å². The SMILES string of the molecule is CC(C)(C)c1ccc(OCCCCCCCCCCCCCCCCCCCCOc2ccc(C(C)(C)C)cc2C#CC#CC#C[Si](C)(C)C)c(C#CC#CC#C[Si](C)(C)C)c1. The summed E-state index contributed by atoms with van der Waals surface area (Å²) >= 11 is 0. The molecule has 0 amide bonds. The molecule has 2 aromatic rings. The first-order valence-electron chi connectivity index (χ1n) is 24.0. The van der Waals surface area contributed by atoms with Crippen molar-refractivity contribution < 1.29 is 9.47 Å². The van der Waals surface area contributed by atoms with Crippen molar-refractivity contribution in [2.45, 2.75) is 207 Å². The lowest BCUT2D eigenvalue weighted by Gasteiger charge is -2.20. The number of rotatable bonds is 23. The summed E-state index contributed by atoms with van der Waals surface area (Å²) in [7, 11) is -2.84. The average molecular weight is 867 g/mol. The maximum atomic E-state index is 6.23. The van der Waals surface area contributed by atoms with Gasteiger partial charge in [0.1, 0.15) is 27.6 Å². The fourth-order valence-electron chi connectivity index (χ4n) is 6.60. The lowest BCUT2D eigenvalue weighted by atomic mass is 9.86. The third-order valence-electron chi connectivity index (χ3n) is 10.4. The van der Waals surface area contributed by atoms with Crippen molar-refractivity contribution in [3.8, 4) is 81.8 Å². The zero-order chi connectivity index (χ0) is 45.7. The smallest absolute Gasteiger partial charge is 0.134 e. The van der Waals surface area contributed by atoms with E-state index >= 15 is 0 Å². The van der Waals surface area contributed by atoms with Crippen LogP contribution in [0.25, 0.3) is 0 Å². The Morgan fingerprint density at radius 1 is 0.371 bits per heavy atom. The van der Waals surface area contributed by atoms with Gasteiger partial charge in [0.25, 0.3) is 0 Å². The van der Waals surface area contributed by atoms with Crippen LogP contribution in [0.5, 0.6) is 11.5 Å². The Hall–Kier alpha value is -4.17. The second-order valence-electron chi connectivity index (χ2n) is 21.0. The first kappa shape index (κ1) is 54.0. The van der Waals surface area contributed by atoms with Gasteiger partial charge in [-0.2, -0.15) is 0 Å². The maximum Gasteiger partial charge on any atom is 0.134 e. The average Bonchev–Trinajstić information content (AvgIpc) is 3.18. The molecule has 0 N–H and O–H groups in total. The number of benzene rings is 2. The monoisotopic (exact) mass is 867 g/mol. The number of unbranched alkanes of at least 4 members (excludes halogenated alkanes) is 17. The summed E-state index contributed by atoms with van der Waals surface area (Å²) < 4.78 is 12.5. The first-order valence-corrected chi connectivity index (χ1v) is 31.0. The van der Waals surface area contributed by atoms with E-state index in [1.165, 1.54) is 114 Å². The standard InChI is InChI=1S/C58H82O2Si2/c1-57(2,3)53-41-43-55(51(49-53)39-33-27-31-37-47-61(7,8)9)59-45-35-29-25-23-21-19-17-15-13-14-16-18-20-22-24-26-30-36-46-60-56-44-42-54(58(4,5)6)50-52(56)40-34-28-32-38-48-62(10,11)12/h41-44,49-50H,13-26,29-30,35-36,45-46H2,1-12H3. The predicted octanol–water partition coefficient (Wildman–Crippen LogP) is 15.2. The van der Waals surface area contributed by atoms with E-state index in [0.29, 0.717) is 0 Å². The highest BCUT2D eigenvalue weighted by Gasteiger charge is 2.17. The van der Waals surface area contributed by atoms with Crippen LogP contribution in [0.2, 0.25) is 39.3 Å². The number of hydrogen-bond donors (Lipinski definition) is 0. The van der Waals surface area contributed by atoms with Crippen LogP contribution < -0.4 is 9.47 Å². The second-order valence-corrected chi connectivity index (χ2v) is 30.5. The topological polar surface area (TPSA) is 18.5 Å². The quantitative estimate of drug-likeness (QED) is 0.0629. The molecular weight excluding hydrogens is 785 g/mol. The van der Waals surface area contributed by atoms with Gasteiger partial charge in [-0.15, -0.1) is 11.1 Å². The van der Waals surface area contributed by atoms with E-state index in [0.717, 1.165) is 48.7 Å². The summed E-state index contributed by atoms with van der Waals surface area (Å²) in [6.07, 6.45) is 23.6. The van der Waals surface area contributed by atoms with Crippen LogP contribution in [0.3, 0.4) is 0 Å². The summed E-state index contributed by atoms with van der Waals surface area (Å²) in [4.78, 5) is 0. The molecular formula is C58H82O2Si2. The van der Waals surface area contributed by atoms with Gasteiger partial charge in [-0.1, -0.05) is 196 Å². The Morgan fingerprint density at radius 3 is 0.919 bits per heavy atom. The van der Waals surface area contributed by atoms with Crippen LogP contribution in [0, 0.1) is 70.3 Å². The van der Waals surface area contributed by atoms with Crippen molar-refractivity contribution in [1.82, 2.24) is 0 Å². The molecule has 0 bridgehead atoms. The van der Waals surface area contributed by atoms with E-state index in [4.69, 9.17) is 9.47 Å². The minimum absolute atomic E-state index is 0.0494. The highest BCUT2D eigenvalue weighted by molar-refractivity contribution is 6.84. The molecule has 0 radical (unpaired) electrons. The van der Waals surface area contributed by atoms with Gasteiger partial charge >= 0.3 is 0 Å². The van der Waals surface area contributed by atoms with Crippen molar-refractivity contribution in [3.05, 3.63) is 58.7 Å². The molecule has 2 rings (SSSR count). The molecule has 0 aliphatic rings. The summed E-state index contributed by atoms with van der Waals surface area (Å²) in [5.41, 5.74) is 11.0. The summed E-state index contributed by atoms with van der Waals surface area (Å²) in [6, 6.07) is 12.8. The van der Waals surface area contributed by atoms with E-state index in [9.17, 15) is 0 Å². The van der Waals surface area contributed by atoms with Gasteiger partial charge in [0.15, 0.2) is 0 Å². The minimum atomic E-state index is -1.42. The third-order valence-corrected chi connectivity index (χ3v) is 12.1. The summed E-state index contributed by atoms with van der Waals surface area (Å²) in [5.74, 6) is 31.8. The highest BCUT2D eigenvalue weighted by atomic mass is 28.3. The Labute approximate surface area is 384 Å². The molecule has 2 aromatic carbocycles. The van der Waals surface area contributed by atoms with Crippen LogP contribution >= 0.6 is 0 Å². The van der Waals surface area contributed by atoms with Crippen LogP contribution in [0.15, 0.2) is 36.4 Å². The summed E-state index contributed by atoms with van der Waals surface area (Å²) in [5, 5.41) is 0. The van der Waals surface area contributed by atoms with Gasteiger partial charge < -0.3 is 9.47 Å². The molecule has 0 fully saturated rings. The zero-order valence-electron chi connectivity index (χ0n) is 41.4. The summed E-state index contributed by atoms with van der Waals surface area (Å²) in [6.45, 7) is 28.1. The van der Waals surface area contributed by atoms with Crippen molar-refractivity contribution in [1.29, 1.82) is 0 Å². The minimum Gasteiger partial charge on any atom is -0.492 e. The fourth-order valence-corrected chi connectivity index (χ4v) is 7.47. The van der Waals surface area contributed by atoms with E-state index < -0.39 is 16.1 Å². The highest BCUT2D eigenvalue weighted by Crippen LogP contribution is 2.29. The van der Waals surface area contributed by atoms with Gasteiger partial charge in [0.2, 0.25) is 0 Å². The lowest BCUT2D eigenvalue weighted by molar-refractivity contribution is 0.303. The third kappa shape index (κ3) is 27.0. The van der Waals surface area contributed by atoms with Crippen LogP contribution in [-0.4, -0.2) is 29.4 Å². The number of hydrogen-bond acceptors (Lipinski definition) is 2. The first-order chi connectivity index (χ1) is 29.4. The zero-order valence-corrected chi connectivity index (χ0v) is 43.4. The van der Waals surface area contributed by atoms with Crippen LogP contribution in [-0.2, 0) is 10.8 Å². The molecule has 62 heavy (non-hydrogen) atoms. The molecule has 2 nitrogen and oxygen atoms in total. The van der Waals surface area contributed by atoms with Crippen LogP contribution in [0.1, 0.15) is 179 Å². The van der Waals surface area contributed by atoms with Gasteiger partial charge in [-0.3, -0.25) is 0 Å². The van der Waals surface area contributed by atoms with Gasteiger partial charge in [-0.25, -0.2) is 0 Å². The van der Waals surface area contributed by atoms with E-state index in [1.807, 2.05) is 0 Å². The van der Waals surface area contributed by atoms with Gasteiger partial charge in [-0.05, 0) is 118 Å². The second kappa shape index (κ2) is 29.2. The molecule has 0 heterocycles. The van der Waals surface area contributed by atoms with E-state index in [-0.39, 0.29) is 10.8 Å². The molecule has 0 atom stereocenters. The van der Waals surface area contributed by atoms with Crippen molar-refractivity contribution >= 4 is 16.1 Å². The molecule has 0 spiro atoms. The normalized spacial score (nSPS) is 11.1. The molecule has 0 aliphatic carbocycles. The molecule has 0 saturated heterocycles. The largest absolute Gasteiger partial charge is 0.492 e. The molecule has 0 aliphatic heterocycles. The van der Waals surface area contributed by atoms with E-state index in [2.05, 4.69) is 188 Å². The Kier molecular flexibility index (Phi) is 25.5. The van der Waals surface area contributed by atoms with Crippen molar-refractivity contribution in [3.63, 3.8) is 0 Å². The molecule has 0 saturated carbocycles. The Bertz CT molecular complexity index is 1880. The van der Waals surface area contributed by atoms with Gasteiger partial charge in [0.05, 0.1) is 24.3 Å². The van der Waals surface area contributed by atoms with Gasteiger partial charge in [0, 0.05) is 0 Å².